The van der Waals surface area contributed by atoms with Crippen LogP contribution in [-0.4, -0.2) is 18.0 Å². The van der Waals surface area contributed by atoms with E-state index in [1.807, 2.05) is 42.5 Å². The van der Waals surface area contributed by atoms with Gasteiger partial charge in [-0.05, 0) is 48.2 Å². The summed E-state index contributed by atoms with van der Waals surface area (Å²) in [4.78, 5) is 0. The van der Waals surface area contributed by atoms with Gasteiger partial charge >= 0.3 is 0 Å². The van der Waals surface area contributed by atoms with Crippen LogP contribution in [0.25, 0.3) is 12.2 Å². The number of ether oxygens (including phenoxy) is 2. The van der Waals surface area contributed by atoms with Gasteiger partial charge in [-0.2, -0.15) is 0 Å². The summed E-state index contributed by atoms with van der Waals surface area (Å²) in [5.41, 5.74) is 2.12. The van der Waals surface area contributed by atoms with Gasteiger partial charge in [-0.1, -0.05) is 49.6 Å². The minimum Gasteiger partial charge on any atom is -0.508 e. The van der Waals surface area contributed by atoms with Gasteiger partial charge in [0, 0.05) is 6.42 Å². The molecule has 1 atom stereocenters. The highest BCUT2D eigenvalue weighted by Gasteiger charge is 2.14. The smallest absolute Gasteiger partial charge is 0.199 e. The van der Waals surface area contributed by atoms with Gasteiger partial charge in [0.2, 0.25) is 0 Å². The van der Waals surface area contributed by atoms with E-state index in [9.17, 15) is 0 Å². The predicted octanol–water partition coefficient (Wildman–Crippen LogP) is 5.27. The molecule has 0 amide bonds. The molecular weight excluding hydrogens is 300 g/mol. The van der Waals surface area contributed by atoms with Crippen molar-refractivity contribution in [2.75, 3.05) is 6.61 Å². The van der Waals surface area contributed by atoms with E-state index in [0.29, 0.717) is 5.75 Å². The molecule has 0 spiro atoms. The van der Waals surface area contributed by atoms with Crippen molar-refractivity contribution in [2.24, 2.45) is 0 Å². The molecule has 24 heavy (non-hydrogen) atoms. The Morgan fingerprint density at radius 2 is 1.50 bits per heavy atom. The third-order valence-electron chi connectivity index (χ3n) is 3.65. The average molecular weight is 324 g/mol. The average Bonchev–Trinajstić information content (AvgIpc) is 2.64. The van der Waals surface area contributed by atoms with Crippen molar-refractivity contribution >= 4 is 12.2 Å². The second-order valence-electron chi connectivity index (χ2n) is 5.48. The molecule has 3 rings (SSSR count). The molecule has 0 bridgehead atoms. The molecule has 2 aromatic carbocycles. The van der Waals surface area contributed by atoms with Crippen LogP contribution in [-0.2, 0) is 4.74 Å². The van der Waals surface area contributed by atoms with Crippen molar-refractivity contribution in [1.29, 1.82) is 0 Å². The number of hydrogen-bond acceptors (Lipinski definition) is 3. The molecule has 1 aliphatic rings. The second kappa shape index (κ2) is 9.58. The summed E-state index contributed by atoms with van der Waals surface area (Å²) >= 11 is 0. The first-order valence-corrected chi connectivity index (χ1v) is 8.13. The quantitative estimate of drug-likeness (QED) is 0.832. The first kappa shape index (κ1) is 17.8. The Morgan fingerprint density at radius 3 is 2.00 bits per heavy atom. The van der Waals surface area contributed by atoms with Crippen LogP contribution in [0.2, 0.25) is 0 Å². The molecule has 126 valence electrons. The maximum atomic E-state index is 8.82. The molecule has 2 aromatic rings. The van der Waals surface area contributed by atoms with Crippen LogP contribution < -0.4 is 4.74 Å². The van der Waals surface area contributed by atoms with E-state index in [-0.39, 0.29) is 6.29 Å². The maximum absolute atomic E-state index is 8.82. The topological polar surface area (TPSA) is 38.7 Å². The van der Waals surface area contributed by atoms with E-state index in [2.05, 4.69) is 13.2 Å². The lowest BCUT2D eigenvalue weighted by molar-refractivity contribution is -0.105. The van der Waals surface area contributed by atoms with Crippen molar-refractivity contribution in [3.63, 3.8) is 0 Å². The Kier molecular flexibility index (Phi) is 7.12. The number of rotatable bonds is 4. The fraction of sp³-hybridized carbons (Fsp3) is 0.238. The number of aromatic hydroxyl groups is 1. The van der Waals surface area contributed by atoms with Gasteiger partial charge in [0.05, 0.1) is 6.61 Å². The summed E-state index contributed by atoms with van der Waals surface area (Å²) in [6.45, 7) is 8.10. The Balaban J connectivity index is 0.000000198. The summed E-state index contributed by atoms with van der Waals surface area (Å²) in [6, 6.07) is 14.8. The molecule has 1 aliphatic heterocycles. The summed E-state index contributed by atoms with van der Waals surface area (Å²) in [5.74, 6) is 1.16. The van der Waals surface area contributed by atoms with Gasteiger partial charge in [0.25, 0.3) is 0 Å². The zero-order valence-electron chi connectivity index (χ0n) is 13.9. The largest absolute Gasteiger partial charge is 0.508 e. The highest BCUT2D eigenvalue weighted by atomic mass is 16.7. The van der Waals surface area contributed by atoms with Crippen LogP contribution in [0.4, 0.5) is 0 Å². The Bertz CT molecular complexity index is 623. The number of benzene rings is 2. The zero-order chi connectivity index (χ0) is 17.2. The lowest BCUT2D eigenvalue weighted by Crippen LogP contribution is -2.24. The molecule has 0 saturated carbocycles. The van der Waals surface area contributed by atoms with Crippen LogP contribution in [0.1, 0.15) is 30.4 Å². The molecule has 1 fully saturated rings. The van der Waals surface area contributed by atoms with Crippen LogP contribution in [0.5, 0.6) is 11.5 Å². The third kappa shape index (κ3) is 5.94. The van der Waals surface area contributed by atoms with Crippen molar-refractivity contribution in [1.82, 2.24) is 0 Å². The fourth-order valence-electron chi connectivity index (χ4n) is 2.25. The summed E-state index contributed by atoms with van der Waals surface area (Å²) < 4.78 is 11.2. The van der Waals surface area contributed by atoms with E-state index >= 15 is 0 Å². The lowest BCUT2D eigenvalue weighted by Gasteiger charge is -2.23. The van der Waals surface area contributed by atoms with Crippen molar-refractivity contribution in [2.45, 2.75) is 25.6 Å². The molecule has 0 aliphatic carbocycles. The van der Waals surface area contributed by atoms with Gasteiger partial charge in [0.1, 0.15) is 11.5 Å². The first-order valence-electron chi connectivity index (χ1n) is 8.13. The molecule has 1 saturated heterocycles. The van der Waals surface area contributed by atoms with E-state index in [0.717, 1.165) is 36.3 Å². The molecule has 0 aromatic heterocycles. The zero-order valence-corrected chi connectivity index (χ0v) is 13.9. The standard InChI is InChI=1S/C13H16O2.C8H8O/c1-2-11-6-8-12(9-7-11)15-13-5-3-4-10-14-13;1-2-7-3-5-8(9)6-4-7/h2,6-9,13H,1,3-5,10H2;2-6,9H,1H2. The lowest BCUT2D eigenvalue weighted by atomic mass is 10.2. The normalized spacial score (nSPS) is 16.4. The number of phenols is 1. The molecule has 1 N–H and O–H groups in total. The van der Waals surface area contributed by atoms with Crippen LogP contribution >= 0.6 is 0 Å². The summed E-state index contributed by atoms with van der Waals surface area (Å²) in [5, 5.41) is 8.82. The minimum atomic E-state index is -0.0617. The van der Waals surface area contributed by atoms with Gasteiger partial charge < -0.3 is 14.6 Å². The van der Waals surface area contributed by atoms with Crippen molar-refractivity contribution in [3.05, 3.63) is 72.8 Å². The third-order valence-corrected chi connectivity index (χ3v) is 3.65. The van der Waals surface area contributed by atoms with Crippen molar-refractivity contribution < 1.29 is 14.6 Å². The molecule has 3 heteroatoms. The molecule has 3 nitrogen and oxygen atoms in total. The Hall–Kier alpha value is -2.52. The fourth-order valence-corrected chi connectivity index (χ4v) is 2.25. The van der Waals surface area contributed by atoms with Gasteiger partial charge in [-0.3, -0.25) is 0 Å². The minimum absolute atomic E-state index is 0.0617. The van der Waals surface area contributed by atoms with E-state index in [1.54, 1.807) is 18.2 Å². The number of hydrogen-bond donors (Lipinski definition) is 1. The summed E-state index contributed by atoms with van der Waals surface area (Å²) in [7, 11) is 0. The van der Waals surface area contributed by atoms with Gasteiger partial charge in [-0.15, -0.1) is 0 Å². The Morgan fingerprint density at radius 1 is 0.917 bits per heavy atom. The highest BCUT2D eigenvalue weighted by Crippen LogP contribution is 2.19. The number of phenolic OH excluding ortho intramolecular Hbond substituents is 1. The predicted molar refractivity (Wildman–Crippen MR) is 98.9 cm³/mol. The van der Waals surface area contributed by atoms with Crippen molar-refractivity contribution in [3.8, 4) is 11.5 Å². The Labute approximate surface area is 143 Å². The van der Waals surface area contributed by atoms with Gasteiger partial charge in [0.15, 0.2) is 6.29 Å². The van der Waals surface area contributed by atoms with E-state index in [1.165, 1.54) is 6.42 Å². The second-order valence-corrected chi connectivity index (χ2v) is 5.48. The van der Waals surface area contributed by atoms with Gasteiger partial charge in [-0.25, -0.2) is 0 Å². The monoisotopic (exact) mass is 324 g/mol. The van der Waals surface area contributed by atoms with Crippen LogP contribution in [0.15, 0.2) is 61.7 Å². The van der Waals surface area contributed by atoms with E-state index in [4.69, 9.17) is 14.6 Å². The molecule has 1 heterocycles. The molecule has 0 radical (unpaired) electrons. The SMILES string of the molecule is C=Cc1ccc(O)cc1.C=Cc1ccc(OC2CCCCO2)cc1. The molecule has 1 unspecified atom stereocenters. The molecular formula is C21H24O3. The first-order chi connectivity index (χ1) is 11.7. The van der Waals surface area contributed by atoms with Crippen LogP contribution in [0, 0.1) is 0 Å². The van der Waals surface area contributed by atoms with E-state index < -0.39 is 0 Å². The van der Waals surface area contributed by atoms with Crippen LogP contribution in [0.3, 0.4) is 0 Å². The highest BCUT2D eigenvalue weighted by molar-refractivity contribution is 5.48. The maximum Gasteiger partial charge on any atom is 0.199 e. The summed E-state index contributed by atoms with van der Waals surface area (Å²) in [6.07, 6.45) is 6.82.